The van der Waals surface area contributed by atoms with E-state index in [1.807, 2.05) is 60.7 Å². The molecule has 3 aliphatic heterocycles. The highest BCUT2D eigenvalue weighted by Crippen LogP contribution is 2.47. The molecule has 0 spiro atoms. The van der Waals surface area contributed by atoms with Crippen molar-refractivity contribution in [1.82, 2.24) is 9.91 Å². The standard InChI is InChI=1S/C27H21N3O2S2/c1-29-25(31)24(34-27(29)33)15-17-11-13-19(14-12-17)26-30-22(20-9-5-6-10-23(20)32-26)16-21(28-30)18-7-3-2-4-8-18/h2-15,22,26H,16H2,1H3/b24-15-. The number of likely N-dealkylation sites (N-methyl/N-ethyl adjacent to an activating group) is 1. The molecule has 0 aliphatic carbocycles. The van der Waals surface area contributed by atoms with Gasteiger partial charge in [0.25, 0.3) is 5.91 Å². The fourth-order valence-corrected chi connectivity index (χ4v) is 5.69. The topological polar surface area (TPSA) is 45.1 Å². The number of hydrogen-bond donors (Lipinski definition) is 0. The van der Waals surface area contributed by atoms with Crippen LogP contribution in [0.4, 0.5) is 0 Å². The van der Waals surface area contributed by atoms with Gasteiger partial charge < -0.3 is 4.74 Å². The van der Waals surface area contributed by atoms with Crippen LogP contribution >= 0.6 is 24.0 Å². The van der Waals surface area contributed by atoms with E-state index in [9.17, 15) is 4.79 Å². The summed E-state index contributed by atoms with van der Waals surface area (Å²) in [7, 11) is 1.70. The van der Waals surface area contributed by atoms with Crippen LogP contribution in [0.1, 0.15) is 40.9 Å². The molecule has 1 amide bonds. The Morgan fingerprint density at radius 2 is 1.76 bits per heavy atom. The molecule has 0 saturated carbocycles. The number of ether oxygens (including phenoxy) is 1. The van der Waals surface area contributed by atoms with Crippen molar-refractivity contribution in [2.45, 2.75) is 18.7 Å². The molecule has 1 fully saturated rings. The summed E-state index contributed by atoms with van der Waals surface area (Å²) in [5.74, 6) is 0.836. The second kappa shape index (κ2) is 8.42. The van der Waals surface area contributed by atoms with Crippen molar-refractivity contribution >= 4 is 46.0 Å². The third-order valence-electron chi connectivity index (χ3n) is 6.31. The highest BCUT2D eigenvalue weighted by atomic mass is 32.2. The third kappa shape index (κ3) is 3.61. The van der Waals surface area contributed by atoms with Gasteiger partial charge in [-0.15, -0.1) is 0 Å². The number of amides is 1. The first-order chi connectivity index (χ1) is 16.6. The minimum Gasteiger partial charge on any atom is -0.464 e. The van der Waals surface area contributed by atoms with Crippen LogP contribution in [0.25, 0.3) is 6.08 Å². The molecule has 1 saturated heterocycles. The van der Waals surface area contributed by atoms with Gasteiger partial charge >= 0.3 is 0 Å². The molecule has 2 unspecified atom stereocenters. The van der Waals surface area contributed by atoms with E-state index in [0.717, 1.165) is 40.1 Å². The van der Waals surface area contributed by atoms with Crippen molar-refractivity contribution in [1.29, 1.82) is 0 Å². The number of carbonyl (C=O) groups is 1. The van der Waals surface area contributed by atoms with Gasteiger partial charge in [0.05, 0.1) is 16.7 Å². The summed E-state index contributed by atoms with van der Waals surface area (Å²) in [4.78, 5) is 14.5. The summed E-state index contributed by atoms with van der Waals surface area (Å²) < 4.78 is 7.03. The van der Waals surface area contributed by atoms with E-state index in [1.165, 1.54) is 16.7 Å². The monoisotopic (exact) mass is 483 g/mol. The number of para-hydroxylation sites is 1. The number of benzene rings is 3. The number of hydrazone groups is 1. The van der Waals surface area contributed by atoms with Crippen molar-refractivity contribution < 1.29 is 9.53 Å². The Labute approximate surface area is 207 Å². The van der Waals surface area contributed by atoms with Crippen LogP contribution in [0.3, 0.4) is 0 Å². The van der Waals surface area contributed by atoms with E-state index in [0.29, 0.717) is 9.23 Å². The molecule has 0 N–H and O–H groups in total. The molecule has 0 bridgehead atoms. The van der Waals surface area contributed by atoms with Gasteiger partial charge in [-0.3, -0.25) is 9.69 Å². The number of rotatable bonds is 3. The molecule has 3 aliphatic rings. The molecule has 5 nitrogen and oxygen atoms in total. The normalized spacial score (nSPS) is 22.5. The Hall–Kier alpha value is -3.42. The van der Waals surface area contributed by atoms with Crippen LogP contribution in [0.5, 0.6) is 5.75 Å². The quantitative estimate of drug-likeness (QED) is 0.350. The minimum absolute atomic E-state index is 0.0611. The van der Waals surface area contributed by atoms with E-state index in [2.05, 4.69) is 29.3 Å². The highest BCUT2D eigenvalue weighted by molar-refractivity contribution is 8.26. The molecule has 6 rings (SSSR count). The number of fused-ring (bicyclic) bond motifs is 3. The Balaban J connectivity index is 1.33. The van der Waals surface area contributed by atoms with Gasteiger partial charge in [0.1, 0.15) is 10.1 Å². The van der Waals surface area contributed by atoms with Crippen LogP contribution in [0, 0.1) is 0 Å². The van der Waals surface area contributed by atoms with Crippen LogP contribution < -0.4 is 4.74 Å². The first kappa shape index (κ1) is 21.1. The fraction of sp³-hybridized carbons (Fsp3) is 0.148. The Morgan fingerprint density at radius 3 is 2.50 bits per heavy atom. The molecular formula is C27H21N3O2S2. The van der Waals surface area contributed by atoms with E-state index in [-0.39, 0.29) is 18.2 Å². The van der Waals surface area contributed by atoms with Crippen molar-refractivity contribution in [3.63, 3.8) is 0 Å². The van der Waals surface area contributed by atoms with Crippen LogP contribution in [-0.2, 0) is 4.79 Å². The lowest BCUT2D eigenvalue weighted by Crippen LogP contribution is -2.33. The molecule has 7 heteroatoms. The Kier molecular flexibility index (Phi) is 5.23. The van der Waals surface area contributed by atoms with Gasteiger partial charge in [-0.05, 0) is 23.3 Å². The molecule has 3 aromatic carbocycles. The number of carbonyl (C=O) groups excluding carboxylic acids is 1. The molecule has 34 heavy (non-hydrogen) atoms. The van der Waals surface area contributed by atoms with Crippen molar-refractivity contribution in [3.05, 3.63) is 106 Å². The van der Waals surface area contributed by atoms with Crippen molar-refractivity contribution in [3.8, 4) is 5.75 Å². The summed E-state index contributed by atoms with van der Waals surface area (Å²) in [6.07, 6.45) is 2.38. The van der Waals surface area contributed by atoms with Gasteiger partial charge in [-0.25, -0.2) is 5.01 Å². The van der Waals surface area contributed by atoms with Gasteiger partial charge in [-0.2, -0.15) is 5.10 Å². The number of thioether (sulfide) groups is 1. The Bertz CT molecular complexity index is 1350. The number of hydrogen-bond acceptors (Lipinski definition) is 6. The number of thiocarbonyl (C=S) groups is 1. The van der Waals surface area contributed by atoms with Crippen LogP contribution in [-0.4, -0.2) is 32.9 Å². The maximum absolute atomic E-state index is 12.3. The largest absolute Gasteiger partial charge is 0.464 e. The summed E-state index contributed by atoms with van der Waals surface area (Å²) in [5.41, 5.74) is 5.32. The first-order valence-electron chi connectivity index (χ1n) is 11.1. The molecule has 3 heterocycles. The lowest BCUT2D eigenvalue weighted by atomic mass is 9.96. The molecular weight excluding hydrogens is 462 g/mol. The number of nitrogens with zero attached hydrogens (tertiary/aromatic N) is 3. The smallest absolute Gasteiger partial charge is 0.265 e. The lowest BCUT2D eigenvalue weighted by molar-refractivity contribution is -0.121. The first-order valence-corrected chi connectivity index (χ1v) is 12.3. The van der Waals surface area contributed by atoms with Gasteiger partial charge in [0, 0.05) is 24.6 Å². The van der Waals surface area contributed by atoms with Crippen LogP contribution in [0.15, 0.2) is 88.9 Å². The van der Waals surface area contributed by atoms with E-state index in [4.69, 9.17) is 22.1 Å². The zero-order valence-electron chi connectivity index (χ0n) is 18.4. The average Bonchev–Trinajstić information content (AvgIpc) is 3.43. The average molecular weight is 484 g/mol. The van der Waals surface area contributed by atoms with E-state index < -0.39 is 0 Å². The van der Waals surface area contributed by atoms with E-state index >= 15 is 0 Å². The summed E-state index contributed by atoms with van der Waals surface area (Å²) >= 11 is 6.56. The molecule has 0 aromatic heterocycles. The predicted molar refractivity (Wildman–Crippen MR) is 139 cm³/mol. The molecule has 2 atom stereocenters. The van der Waals surface area contributed by atoms with Crippen molar-refractivity contribution in [2.75, 3.05) is 7.05 Å². The second-order valence-corrected chi connectivity index (χ2v) is 10.1. The summed E-state index contributed by atoms with van der Waals surface area (Å²) in [6, 6.07) is 26.8. The zero-order valence-corrected chi connectivity index (χ0v) is 20.1. The highest BCUT2D eigenvalue weighted by Gasteiger charge is 2.40. The molecule has 0 radical (unpaired) electrons. The second-order valence-electron chi connectivity index (χ2n) is 8.43. The van der Waals surface area contributed by atoms with Gasteiger partial charge in [0.15, 0.2) is 0 Å². The SMILES string of the molecule is CN1C(=O)/C(=C/c2ccc(C3Oc4ccccc4C4CC(c5ccccc5)=NN43)cc2)SC1=S. The van der Waals surface area contributed by atoms with Gasteiger partial charge in [0.2, 0.25) is 6.23 Å². The summed E-state index contributed by atoms with van der Waals surface area (Å²) in [5, 5.41) is 7.10. The zero-order chi connectivity index (χ0) is 23.2. The minimum atomic E-state index is -0.330. The maximum atomic E-state index is 12.3. The van der Waals surface area contributed by atoms with Crippen LogP contribution in [0.2, 0.25) is 0 Å². The van der Waals surface area contributed by atoms with Crippen molar-refractivity contribution in [2.24, 2.45) is 5.10 Å². The molecule has 168 valence electrons. The predicted octanol–water partition coefficient (Wildman–Crippen LogP) is 5.76. The third-order valence-corrected chi connectivity index (χ3v) is 7.80. The summed E-state index contributed by atoms with van der Waals surface area (Å²) in [6.45, 7) is 0. The Morgan fingerprint density at radius 1 is 1.03 bits per heavy atom. The lowest BCUT2D eigenvalue weighted by Gasteiger charge is -2.38. The maximum Gasteiger partial charge on any atom is 0.265 e. The fourth-order valence-electron chi connectivity index (χ4n) is 4.51. The molecule has 3 aromatic rings. The van der Waals surface area contributed by atoms with E-state index in [1.54, 1.807) is 7.05 Å². The van der Waals surface area contributed by atoms with Gasteiger partial charge in [-0.1, -0.05) is 96.8 Å².